The predicted octanol–water partition coefficient (Wildman–Crippen LogP) is 4.85. The average Bonchev–Trinajstić information content (AvgIpc) is 3.29. The number of halogens is 1. The molecule has 0 aliphatic carbocycles. The number of piperidine rings is 1. The van der Waals surface area contributed by atoms with Crippen molar-refractivity contribution in [2.24, 2.45) is 0 Å². The van der Waals surface area contributed by atoms with Gasteiger partial charge in [0.25, 0.3) is 5.56 Å². The van der Waals surface area contributed by atoms with E-state index >= 15 is 0 Å². The Labute approximate surface area is 210 Å². The molecule has 0 N–H and O–H groups in total. The van der Waals surface area contributed by atoms with Gasteiger partial charge >= 0.3 is 0 Å². The minimum absolute atomic E-state index is 0.0715. The topological polar surface area (TPSA) is 50.5 Å². The third kappa shape index (κ3) is 4.27. The summed E-state index contributed by atoms with van der Waals surface area (Å²) in [7, 11) is 0. The van der Waals surface area contributed by atoms with Crippen LogP contribution in [0.25, 0.3) is 5.70 Å². The molecule has 180 valence electrons. The van der Waals surface area contributed by atoms with Gasteiger partial charge in [0.05, 0.1) is 11.4 Å². The van der Waals surface area contributed by atoms with Crippen LogP contribution in [0.1, 0.15) is 38.8 Å². The van der Waals surface area contributed by atoms with Gasteiger partial charge < -0.3 is 4.90 Å². The second kappa shape index (κ2) is 10.3. The number of carbonyl (C=O) groups excluding carboxylic acids is 1. The Balaban J connectivity index is 1.58. The van der Waals surface area contributed by atoms with Gasteiger partial charge in [0.2, 0.25) is 0 Å². The van der Waals surface area contributed by atoms with E-state index in [4.69, 9.17) is 0 Å². The van der Waals surface area contributed by atoms with Crippen LogP contribution < -0.4 is 10.5 Å². The molecule has 1 spiro atoms. The Morgan fingerprint density at radius 1 is 1.15 bits per heavy atom. The Morgan fingerprint density at radius 3 is 2.47 bits per heavy atom. The van der Waals surface area contributed by atoms with E-state index in [-0.39, 0.29) is 5.56 Å². The first-order chi connectivity index (χ1) is 16.5. The molecule has 2 fully saturated rings. The first kappa shape index (κ1) is 24.5. The van der Waals surface area contributed by atoms with Crippen molar-refractivity contribution in [2.45, 2.75) is 51.7 Å². The molecule has 2 saturated heterocycles. The summed E-state index contributed by atoms with van der Waals surface area (Å²) in [6.07, 6.45) is 9.60. The molecule has 0 radical (unpaired) electrons. The van der Waals surface area contributed by atoms with Crippen LogP contribution in [-0.4, -0.2) is 45.2 Å². The quantitative estimate of drug-likeness (QED) is 0.485. The van der Waals surface area contributed by atoms with E-state index < -0.39 is 5.54 Å². The van der Waals surface area contributed by atoms with Crippen LogP contribution in [-0.2, 0) is 17.9 Å². The van der Waals surface area contributed by atoms with Crippen LogP contribution in [0.15, 0.2) is 70.5 Å². The molecule has 34 heavy (non-hydrogen) atoms. The van der Waals surface area contributed by atoms with E-state index in [0.29, 0.717) is 29.8 Å². The van der Waals surface area contributed by atoms with Gasteiger partial charge in [-0.1, -0.05) is 36.9 Å². The van der Waals surface area contributed by atoms with Crippen LogP contribution in [0.3, 0.4) is 0 Å². The zero-order valence-electron chi connectivity index (χ0n) is 20.0. The summed E-state index contributed by atoms with van der Waals surface area (Å²) >= 11 is 3.58. The maximum atomic E-state index is 13.2. The van der Waals surface area contributed by atoms with E-state index in [1.165, 1.54) is 0 Å². The van der Waals surface area contributed by atoms with Crippen molar-refractivity contribution in [3.63, 3.8) is 0 Å². The minimum Gasteiger partial charge on any atom is -0.358 e. The number of ketones is 1. The van der Waals surface area contributed by atoms with Crippen LogP contribution in [0.4, 0.5) is 5.69 Å². The van der Waals surface area contributed by atoms with Gasteiger partial charge in [-0.15, -0.1) is 0 Å². The Bertz CT molecular complexity index is 1170. The lowest BCUT2D eigenvalue weighted by molar-refractivity contribution is -0.123. The highest BCUT2D eigenvalue weighted by molar-refractivity contribution is 9.10. The summed E-state index contributed by atoms with van der Waals surface area (Å²) in [5.41, 5.74) is 2.39. The van der Waals surface area contributed by atoms with Gasteiger partial charge in [0.15, 0.2) is 5.78 Å². The molecule has 2 aromatic rings. The Morgan fingerprint density at radius 2 is 1.85 bits per heavy atom. The van der Waals surface area contributed by atoms with Crippen molar-refractivity contribution in [3.8, 4) is 0 Å². The molecule has 0 amide bonds. The summed E-state index contributed by atoms with van der Waals surface area (Å²) < 4.78 is 4.34. The van der Waals surface area contributed by atoms with Gasteiger partial charge in [-0.05, 0) is 66.9 Å². The number of nitrogens with zero attached hydrogens (tertiary/aromatic N) is 4. The van der Waals surface area contributed by atoms with E-state index in [9.17, 15) is 9.59 Å². The average molecular weight is 525 g/mol. The van der Waals surface area contributed by atoms with Crippen LogP contribution in [0, 0.1) is 0 Å². The molecule has 2 aliphatic heterocycles. The van der Waals surface area contributed by atoms with Crippen LogP contribution in [0.5, 0.6) is 0 Å². The van der Waals surface area contributed by atoms with Crippen molar-refractivity contribution in [2.75, 3.05) is 24.5 Å². The Kier molecular flexibility index (Phi) is 7.43. The molecule has 6 nitrogen and oxygen atoms in total. The minimum atomic E-state index is -0.406. The van der Waals surface area contributed by atoms with Crippen molar-refractivity contribution in [1.82, 2.24) is 14.3 Å². The molecule has 1 aromatic heterocycles. The number of Topliss-reactive ketones (excluding diaryl/α,β-unsaturated/α-hetero) is 1. The summed E-state index contributed by atoms with van der Waals surface area (Å²) in [6.45, 7) is 11.5. The highest BCUT2D eigenvalue weighted by atomic mass is 79.9. The Hall–Kier alpha value is -2.64. The third-order valence-electron chi connectivity index (χ3n) is 7.08. The van der Waals surface area contributed by atoms with Crippen molar-refractivity contribution < 1.29 is 4.79 Å². The lowest BCUT2D eigenvalue weighted by Crippen LogP contribution is -2.55. The van der Waals surface area contributed by atoms with Gasteiger partial charge in [0, 0.05) is 44.8 Å². The number of rotatable bonds is 7. The number of carbonyl (C=O) groups is 1. The van der Waals surface area contributed by atoms with E-state index in [1.54, 1.807) is 10.8 Å². The third-order valence-corrected chi connectivity index (χ3v) is 7.88. The number of anilines is 1. The SMILES string of the molecule is C=C/C=C(\C=C/C)n1c(=O)c(Br)c(CN2CCC3(CC2)C(=O)CCN3c2ccccc2)n1CC. The normalized spacial score (nSPS) is 19.0. The number of likely N-dealkylation sites (tertiary alicyclic amines) is 1. The van der Waals surface area contributed by atoms with Crippen molar-refractivity contribution in [1.29, 1.82) is 0 Å². The number of hydrogen-bond acceptors (Lipinski definition) is 4. The highest BCUT2D eigenvalue weighted by Crippen LogP contribution is 2.39. The van der Waals surface area contributed by atoms with Crippen molar-refractivity contribution >= 4 is 33.1 Å². The summed E-state index contributed by atoms with van der Waals surface area (Å²) in [4.78, 5) is 30.9. The van der Waals surface area contributed by atoms with Gasteiger partial charge in [0.1, 0.15) is 10.0 Å². The smallest absolute Gasteiger partial charge is 0.286 e. The molecule has 2 aliphatic rings. The number of benzene rings is 1. The number of para-hydroxylation sites is 1. The molecular formula is C27H33BrN4O2. The highest BCUT2D eigenvalue weighted by Gasteiger charge is 2.49. The molecule has 0 atom stereocenters. The lowest BCUT2D eigenvalue weighted by Gasteiger charge is -2.44. The summed E-state index contributed by atoms with van der Waals surface area (Å²) in [6, 6.07) is 10.3. The standard InChI is InChI=1S/C27H33BrN4O2/c1-4-10-22(11-5-2)32-26(34)25(28)23(31(32)6-3)20-29-18-15-27(16-19-29)24(33)14-17-30(27)21-12-8-7-9-13-21/h4-5,7-13H,1,6,14-20H2,2-3H3/b11-5-,22-10+. The van der Waals surface area contributed by atoms with Crippen molar-refractivity contribution in [3.05, 3.63) is 81.7 Å². The lowest BCUT2D eigenvalue weighted by atomic mass is 9.83. The predicted molar refractivity (Wildman–Crippen MR) is 142 cm³/mol. The van der Waals surface area contributed by atoms with Gasteiger partial charge in [-0.2, -0.15) is 0 Å². The molecule has 0 saturated carbocycles. The van der Waals surface area contributed by atoms with E-state index in [2.05, 4.69) is 44.4 Å². The van der Waals surface area contributed by atoms with E-state index in [1.807, 2.05) is 55.0 Å². The maximum absolute atomic E-state index is 13.2. The molecule has 7 heteroatoms. The molecule has 3 heterocycles. The number of aromatic nitrogens is 2. The molecule has 0 unspecified atom stereocenters. The van der Waals surface area contributed by atoms with E-state index in [0.717, 1.165) is 49.6 Å². The second-order valence-corrected chi connectivity index (χ2v) is 9.68. The monoisotopic (exact) mass is 524 g/mol. The van der Waals surface area contributed by atoms with Crippen LogP contribution in [0.2, 0.25) is 0 Å². The van der Waals surface area contributed by atoms with Gasteiger partial charge in [-0.25, -0.2) is 4.68 Å². The second-order valence-electron chi connectivity index (χ2n) is 8.89. The first-order valence-electron chi connectivity index (χ1n) is 12.0. The zero-order valence-corrected chi connectivity index (χ0v) is 21.6. The maximum Gasteiger partial charge on any atom is 0.286 e. The summed E-state index contributed by atoms with van der Waals surface area (Å²) in [5.74, 6) is 0.361. The first-order valence-corrected chi connectivity index (χ1v) is 12.8. The fraction of sp³-hybridized carbons (Fsp3) is 0.407. The number of allylic oxidation sites excluding steroid dienone is 5. The summed E-state index contributed by atoms with van der Waals surface area (Å²) in [5, 5.41) is 0. The molecule has 0 bridgehead atoms. The fourth-order valence-corrected chi connectivity index (χ4v) is 5.92. The molecule has 4 rings (SSSR count). The zero-order chi connectivity index (χ0) is 24.3. The molecule has 1 aromatic carbocycles. The molecular weight excluding hydrogens is 492 g/mol. The fourth-order valence-electron chi connectivity index (χ4n) is 5.42. The van der Waals surface area contributed by atoms with Gasteiger partial charge in [-0.3, -0.25) is 19.2 Å². The number of hydrogen-bond donors (Lipinski definition) is 0. The largest absolute Gasteiger partial charge is 0.358 e. The van der Waals surface area contributed by atoms with Crippen LogP contribution >= 0.6 is 15.9 Å².